The van der Waals surface area contributed by atoms with Gasteiger partial charge in [0, 0.05) is 0 Å². The third-order valence-corrected chi connectivity index (χ3v) is 1.93. The quantitative estimate of drug-likeness (QED) is 0.242. The van der Waals surface area contributed by atoms with Crippen LogP contribution in [0.3, 0.4) is 0 Å². The van der Waals surface area contributed by atoms with E-state index in [1.807, 2.05) is 0 Å². The Bertz CT molecular complexity index is 408. The average molecular weight is 212 g/mol. The molecule has 1 aromatic heterocycles. The van der Waals surface area contributed by atoms with Crippen LogP contribution in [0.4, 0.5) is 5.95 Å². The third-order valence-electron chi connectivity index (χ3n) is 1.93. The van der Waals surface area contributed by atoms with E-state index in [0.29, 0.717) is 5.69 Å². The van der Waals surface area contributed by atoms with Crippen LogP contribution < -0.4 is 0 Å². The predicted molar refractivity (Wildman–Crippen MR) is 53.8 cm³/mol. The van der Waals surface area contributed by atoms with Crippen LogP contribution in [-0.2, 0) is 7.05 Å². The largest absolute Gasteiger partial charge is 0.624 e. The predicted octanol–water partition coefficient (Wildman–Crippen LogP) is 0.666. The molecule has 0 atom stereocenters. The van der Waals surface area contributed by atoms with E-state index in [2.05, 4.69) is 4.98 Å². The van der Waals surface area contributed by atoms with Crippen molar-refractivity contribution in [2.75, 3.05) is 0 Å². The molecule has 0 saturated carbocycles. The molecule has 0 saturated heterocycles. The summed E-state index contributed by atoms with van der Waals surface area (Å²) in [4.78, 5) is 13.5. The van der Waals surface area contributed by atoms with E-state index >= 15 is 0 Å². The van der Waals surface area contributed by atoms with Crippen LogP contribution in [0.5, 0.6) is 0 Å². The lowest BCUT2D eigenvalue weighted by atomic mass is 10.4. The molecule has 0 unspecified atom stereocenters. The Morgan fingerprint density at radius 3 is 2.53 bits per heavy atom. The van der Waals surface area contributed by atoms with Gasteiger partial charge in [-0.05, 0) is 18.8 Å². The summed E-state index contributed by atoms with van der Waals surface area (Å²) in [7, 11) is 1.49. The van der Waals surface area contributed by atoms with Gasteiger partial charge in [-0.15, -0.1) is 0 Å². The molecule has 0 spiro atoms. The van der Waals surface area contributed by atoms with E-state index in [0.717, 1.165) is 4.74 Å². The van der Waals surface area contributed by atoms with Crippen molar-refractivity contribution in [1.29, 1.82) is 0 Å². The summed E-state index contributed by atoms with van der Waals surface area (Å²) in [5, 5.41) is 21.8. The lowest BCUT2D eigenvalue weighted by Crippen LogP contribution is -2.16. The van der Waals surface area contributed by atoms with Gasteiger partial charge in [-0.2, -0.15) is 0 Å². The van der Waals surface area contributed by atoms with Gasteiger partial charge in [0.1, 0.15) is 0 Å². The minimum Gasteiger partial charge on any atom is -0.624 e. The van der Waals surface area contributed by atoms with Crippen molar-refractivity contribution in [1.82, 2.24) is 9.55 Å². The van der Waals surface area contributed by atoms with Crippen molar-refractivity contribution in [2.45, 2.75) is 19.9 Å². The van der Waals surface area contributed by atoms with Gasteiger partial charge >= 0.3 is 5.95 Å². The number of nitrogens with zero attached hydrogens (tertiary/aromatic N) is 4. The van der Waals surface area contributed by atoms with Crippen LogP contribution in [0.2, 0.25) is 0 Å². The number of hydroxylamine groups is 1. The second-order valence-electron chi connectivity index (χ2n) is 3.38. The molecule has 1 rings (SSSR count). The van der Waals surface area contributed by atoms with Gasteiger partial charge in [0.25, 0.3) is 0 Å². The number of hydrogen-bond acceptors (Lipinski definition) is 4. The summed E-state index contributed by atoms with van der Waals surface area (Å²) in [5.41, 5.74) is 0.408. The molecule has 0 aliphatic heterocycles. The van der Waals surface area contributed by atoms with Gasteiger partial charge in [0.15, 0.2) is 12.2 Å². The number of imidazole rings is 1. The van der Waals surface area contributed by atoms with Gasteiger partial charge in [-0.25, -0.2) is 9.31 Å². The molecule has 82 valence electrons. The highest BCUT2D eigenvalue weighted by molar-refractivity contribution is 5.73. The standard InChI is InChI=1S/C8H12N4O3/c1-6(2)11(13)5-7-4-9-8(10(7)3)12(14)15/h4-6H,1-3H3. The third kappa shape index (κ3) is 2.30. The smallest absolute Gasteiger partial charge is 0.435 e. The molecule has 1 aromatic rings. The van der Waals surface area contributed by atoms with Crippen LogP contribution in [0.25, 0.3) is 0 Å². The Morgan fingerprint density at radius 1 is 1.53 bits per heavy atom. The van der Waals surface area contributed by atoms with Gasteiger partial charge in [0.2, 0.25) is 11.9 Å². The van der Waals surface area contributed by atoms with Crippen molar-refractivity contribution < 1.29 is 9.66 Å². The molecule has 0 aromatic carbocycles. The highest BCUT2D eigenvalue weighted by Crippen LogP contribution is 2.08. The summed E-state index contributed by atoms with van der Waals surface area (Å²) < 4.78 is 1.98. The monoisotopic (exact) mass is 212 g/mol. The molecular formula is C8H12N4O3. The number of rotatable bonds is 3. The van der Waals surface area contributed by atoms with Crippen LogP contribution in [0.1, 0.15) is 19.5 Å². The van der Waals surface area contributed by atoms with E-state index < -0.39 is 4.92 Å². The Balaban J connectivity index is 3.08. The highest BCUT2D eigenvalue weighted by Gasteiger charge is 2.18. The Kier molecular flexibility index (Phi) is 3.03. The number of nitro groups is 1. The molecule has 0 N–H and O–H groups in total. The minimum atomic E-state index is -0.595. The van der Waals surface area contributed by atoms with E-state index in [1.54, 1.807) is 13.8 Å². The van der Waals surface area contributed by atoms with Crippen LogP contribution in [0, 0.1) is 15.3 Å². The van der Waals surface area contributed by atoms with Crippen molar-refractivity contribution in [2.24, 2.45) is 7.05 Å². The molecule has 0 aliphatic carbocycles. The first-order valence-corrected chi connectivity index (χ1v) is 4.40. The average Bonchev–Trinajstić information content (AvgIpc) is 2.48. The molecule has 0 amide bonds. The minimum absolute atomic E-state index is 0.209. The number of aromatic nitrogens is 2. The zero-order chi connectivity index (χ0) is 11.6. The topological polar surface area (TPSA) is 87.0 Å². The molecule has 0 radical (unpaired) electrons. The summed E-state index contributed by atoms with van der Waals surface area (Å²) in [6.07, 6.45) is 2.58. The highest BCUT2D eigenvalue weighted by atomic mass is 16.6. The first-order valence-electron chi connectivity index (χ1n) is 4.40. The second-order valence-corrected chi connectivity index (χ2v) is 3.38. The SMILES string of the molecule is CC(C)[N+]([O-])=Cc1cnc([N+](=O)[O-])n1C. The van der Waals surface area contributed by atoms with Crippen LogP contribution >= 0.6 is 0 Å². The maximum Gasteiger partial charge on any atom is 0.435 e. The zero-order valence-electron chi connectivity index (χ0n) is 8.75. The van der Waals surface area contributed by atoms with Crippen molar-refractivity contribution in [3.63, 3.8) is 0 Å². The molecule has 0 aliphatic rings. The van der Waals surface area contributed by atoms with Gasteiger partial charge in [-0.1, -0.05) is 4.98 Å². The second kappa shape index (κ2) is 4.07. The maximum atomic E-state index is 11.3. The van der Waals surface area contributed by atoms with Gasteiger partial charge < -0.3 is 15.3 Å². The fraction of sp³-hybridized carbons (Fsp3) is 0.500. The zero-order valence-corrected chi connectivity index (χ0v) is 8.75. The first-order chi connectivity index (χ1) is 6.93. The van der Waals surface area contributed by atoms with Crippen LogP contribution in [0.15, 0.2) is 6.20 Å². The normalized spacial score (nSPS) is 12.1. The molecule has 0 bridgehead atoms. The van der Waals surface area contributed by atoms with E-state index in [9.17, 15) is 15.3 Å². The Hall–Kier alpha value is -1.92. The fourth-order valence-electron chi connectivity index (χ4n) is 0.982. The molecule has 0 fully saturated rings. The summed E-state index contributed by atoms with van der Waals surface area (Å²) in [5.74, 6) is -0.279. The lowest BCUT2D eigenvalue weighted by Gasteiger charge is -2.05. The summed E-state index contributed by atoms with van der Waals surface area (Å²) in [6.45, 7) is 3.46. The van der Waals surface area contributed by atoms with Gasteiger partial charge in [-0.3, -0.25) is 0 Å². The van der Waals surface area contributed by atoms with Crippen molar-refractivity contribution >= 4 is 12.2 Å². The van der Waals surface area contributed by atoms with Gasteiger partial charge in [0.05, 0.1) is 7.05 Å². The molecule has 15 heavy (non-hydrogen) atoms. The number of hydrogen-bond donors (Lipinski definition) is 0. The van der Waals surface area contributed by atoms with Crippen molar-refractivity contribution in [3.05, 3.63) is 27.2 Å². The van der Waals surface area contributed by atoms with E-state index in [4.69, 9.17) is 0 Å². The maximum absolute atomic E-state index is 11.3. The summed E-state index contributed by atoms with van der Waals surface area (Å²) in [6, 6.07) is -0.209. The summed E-state index contributed by atoms with van der Waals surface area (Å²) >= 11 is 0. The Labute approximate surface area is 86.4 Å². The molecule has 7 nitrogen and oxygen atoms in total. The van der Waals surface area contributed by atoms with Crippen molar-refractivity contribution in [3.8, 4) is 0 Å². The van der Waals surface area contributed by atoms with E-state index in [-0.39, 0.29) is 12.0 Å². The molecule has 1 heterocycles. The molecule has 7 heteroatoms. The Morgan fingerprint density at radius 2 is 2.13 bits per heavy atom. The lowest BCUT2D eigenvalue weighted by molar-refractivity contribution is -0.487. The molecular weight excluding hydrogens is 200 g/mol. The van der Waals surface area contributed by atoms with E-state index in [1.165, 1.54) is 24.0 Å². The fourth-order valence-corrected chi connectivity index (χ4v) is 0.982. The first kappa shape index (κ1) is 11.2. The van der Waals surface area contributed by atoms with Crippen LogP contribution in [-0.4, -0.2) is 31.5 Å².